The largest absolute Gasteiger partial charge is 0.451 e. The highest BCUT2D eigenvalue weighted by molar-refractivity contribution is 7.20. The molecule has 1 unspecified atom stereocenters. The number of ether oxygens (including phenoxy) is 1. The highest BCUT2D eigenvalue weighted by atomic mass is 32.1. The second kappa shape index (κ2) is 6.72. The Morgan fingerprint density at radius 3 is 2.62 bits per heavy atom. The predicted octanol–water partition coefficient (Wildman–Crippen LogP) is 3.22. The van der Waals surface area contributed by atoms with Crippen LogP contribution in [0.15, 0.2) is 30.3 Å². The fourth-order valence-electron chi connectivity index (χ4n) is 1.75. The Labute approximate surface area is 128 Å². The summed E-state index contributed by atoms with van der Waals surface area (Å²) in [5, 5.41) is 3.81. The van der Waals surface area contributed by atoms with Gasteiger partial charge in [-0.3, -0.25) is 4.79 Å². The first-order valence-corrected chi connectivity index (χ1v) is 7.74. The summed E-state index contributed by atoms with van der Waals surface area (Å²) in [6, 6.07) is 9.59. The van der Waals surface area contributed by atoms with Crippen LogP contribution in [-0.2, 0) is 9.53 Å². The van der Waals surface area contributed by atoms with Gasteiger partial charge in [0.15, 0.2) is 6.61 Å². The SMILES string of the molecule is CC(C)C(C)NC(=O)COC(=O)c1cc2ccccc2s1. The number of rotatable bonds is 5. The lowest BCUT2D eigenvalue weighted by atomic mass is 10.1. The summed E-state index contributed by atoms with van der Waals surface area (Å²) in [7, 11) is 0. The summed E-state index contributed by atoms with van der Waals surface area (Å²) in [4.78, 5) is 24.1. The Bertz CT molecular complexity index is 615. The van der Waals surface area contributed by atoms with Crippen LogP contribution in [0.4, 0.5) is 0 Å². The number of amides is 1. The van der Waals surface area contributed by atoms with Crippen LogP contribution in [0.2, 0.25) is 0 Å². The monoisotopic (exact) mass is 305 g/mol. The molecule has 1 atom stereocenters. The molecular formula is C16H19NO3S. The van der Waals surface area contributed by atoms with E-state index in [4.69, 9.17) is 4.74 Å². The van der Waals surface area contributed by atoms with E-state index in [1.54, 1.807) is 6.07 Å². The molecule has 0 bridgehead atoms. The number of benzene rings is 1. The highest BCUT2D eigenvalue weighted by Gasteiger charge is 2.15. The normalized spacial score (nSPS) is 12.4. The van der Waals surface area contributed by atoms with Gasteiger partial charge in [0.05, 0.1) is 0 Å². The van der Waals surface area contributed by atoms with E-state index in [0.717, 1.165) is 10.1 Å². The molecule has 0 spiro atoms. The number of esters is 1. The quantitative estimate of drug-likeness (QED) is 0.863. The molecular weight excluding hydrogens is 286 g/mol. The molecule has 4 nitrogen and oxygen atoms in total. The maximum absolute atomic E-state index is 11.9. The van der Waals surface area contributed by atoms with Gasteiger partial charge in [-0.1, -0.05) is 32.0 Å². The number of carbonyl (C=O) groups excluding carboxylic acids is 2. The van der Waals surface area contributed by atoms with E-state index in [1.165, 1.54) is 11.3 Å². The molecule has 0 radical (unpaired) electrons. The average Bonchev–Trinajstić information content (AvgIpc) is 2.88. The second-order valence-electron chi connectivity index (χ2n) is 5.32. The fraction of sp³-hybridized carbons (Fsp3) is 0.375. The third-order valence-corrected chi connectivity index (χ3v) is 4.45. The van der Waals surface area contributed by atoms with Crippen molar-refractivity contribution in [3.8, 4) is 0 Å². The molecule has 2 rings (SSSR count). The standard InChI is InChI=1S/C16H19NO3S/c1-10(2)11(3)17-15(18)9-20-16(19)14-8-12-6-4-5-7-13(12)21-14/h4-8,10-11H,9H2,1-3H3,(H,17,18). The van der Waals surface area contributed by atoms with Crippen molar-refractivity contribution < 1.29 is 14.3 Å². The number of carbonyl (C=O) groups is 2. The smallest absolute Gasteiger partial charge is 0.348 e. The van der Waals surface area contributed by atoms with Gasteiger partial charge >= 0.3 is 5.97 Å². The lowest BCUT2D eigenvalue weighted by Crippen LogP contribution is -2.38. The van der Waals surface area contributed by atoms with E-state index in [2.05, 4.69) is 5.32 Å². The van der Waals surface area contributed by atoms with Crippen molar-refractivity contribution in [2.24, 2.45) is 5.92 Å². The first-order chi connectivity index (χ1) is 9.97. The molecule has 1 heterocycles. The number of thiophene rings is 1. The van der Waals surface area contributed by atoms with E-state index < -0.39 is 5.97 Å². The number of hydrogen-bond acceptors (Lipinski definition) is 4. The molecule has 0 aliphatic rings. The van der Waals surface area contributed by atoms with Crippen molar-refractivity contribution >= 4 is 33.3 Å². The molecule has 1 N–H and O–H groups in total. The van der Waals surface area contributed by atoms with Gasteiger partial charge in [0.2, 0.25) is 0 Å². The Kier molecular flexibility index (Phi) is 4.96. The summed E-state index contributed by atoms with van der Waals surface area (Å²) in [6.07, 6.45) is 0. The highest BCUT2D eigenvalue weighted by Crippen LogP contribution is 2.25. The van der Waals surface area contributed by atoms with Crippen LogP contribution in [0.1, 0.15) is 30.4 Å². The van der Waals surface area contributed by atoms with Crippen LogP contribution >= 0.6 is 11.3 Å². The minimum atomic E-state index is -0.455. The van der Waals surface area contributed by atoms with Crippen LogP contribution in [-0.4, -0.2) is 24.5 Å². The van der Waals surface area contributed by atoms with E-state index in [-0.39, 0.29) is 18.6 Å². The summed E-state index contributed by atoms with van der Waals surface area (Å²) in [5.41, 5.74) is 0. The molecule has 5 heteroatoms. The maximum atomic E-state index is 11.9. The molecule has 0 fully saturated rings. The summed E-state index contributed by atoms with van der Waals surface area (Å²) in [6.45, 7) is 5.73. The van der Waals surface area contributed by atoms with Gasteiger partial charge in [-0.05, 0) is 30.4 Å². The zero-order chi connectivity index (χ0) is 15.4. The Morgan fingerprint density at radius 1 is 1.24 bits per heavy atom. The van der Waals surface area contributed by atoms with Crippen molar-refractivity contribution in [3.05, 3.63) is 35.2 Å². The predicted molar refractivity (Wildman–Crippen MR) is 84.6 cm³/mol. The third kappa shape index (κ3) is 4.04. The van der Waals surface area contributed by atoms with Gasteiger partial charge < -0.3 is 10.1 Å². The average molecular weight is 305 g/mol. The summed E-state index contributed by atoms with van der Waals surface area (Å²) < 4.78 is 6.09. The zero-order valence-corrected chi connectivity index (χ0v) is 13.2. The van der Waals surface area contributed by atoms with Crippen LogP contribution in [0.3, 0.4) is 0 Å². The van der Waals surface area contributed by atoms with Gasteiger partial charge in [-0.15, -0.1) is 11.3 Å². The minimum Gasteiger partial charge on any atom is -0.451 e. The first-order valence-electron chi connectivity index (χ1n) is 6.92. The lowest BCUT2D eigenvalue weighted by Gasteiger charge is -2.17. The Hall–Kier alpha value is -1.88. The van der Waals surface area contributed by atoms with E-state index in [9.17, 15) is 9.59 Å². The molecule has 0 saturated carbocycles. The van der Waals surface area contributed by atoms with Gasteiger partial charge in [0.25, 0.3) is 5.91 Å². The maximum Gasteiger partial charge on any atom is 0.348 e. The fourth-order valence-corrected chi connectivity index (χ4v) is 2.70. The molecule has 0 aliphatic heterocycles. The van der Waals surface area contributed by atoms with E-state index in [1.807, 2.05) is 45.0 Å². The number of hydrogen-bond donors (Lipinski definition) is 1. The van der Waals surface area contributed by atoms with Crippen molar-refractivity contribution in [1.29, 1.82) is 0 Å². The summed E-state index contributed by atoms with van der Waals surface area (Å²) in [5.74, 6) is -0.388. The minimum absolute atomic E-state index is 0.0560. The Morgan fingerprint density at radius 2 is 1.95 bits per heavy atom. The number of fused-ring (bicyclic) bond motifs is 1. The van der Waals surface area contributed by atoms with E-state index >= 15 is 0 Å². The van der Waals surface area contributed by atoms with Gasteiger partial charge in [0.1, 0.15) is 4.88 Å². The van der Waals surface area contributed by atoms with Crippen molar-refractivity contribution in [3.63, 3.8) is 0 Å². The molecule has 1 amide bonds. The van der Waals surface area contributed by atoms with Crippen LogP contribution in [0.5, 0.6) is 0 Å². The van der Waals surface area contributed by atoms with Gasteiger partial charge in [-0.25, -0.2) is 4.79 Å². The zero-order valence-electron chi connectivity index (χ0n) is 12.4. The van der Waals surface area contributed by atoms with E-state index in [0.29, 0.717) is 10.8 Å². The second-order valence-corrected chi connectivity index (χ2v) is 6.41. The molecule has 0 saturated heterocycles. The van der Waals surface area contributed by atoms with Crippen LogP contribution in [0, 0.1) is 5.92 Å². The molecule has 21 heavy (non-hydrogen) atoms. The van der Waals surface area contributed by atoms with Crippen molar-refractivity contribution in [2.45, 2.75) is 26.8 Å². The lowest BCUT2D eigenvalue weighted by molar-refractivity contribution is -0.125. The molecule has 1 aromatic heterocycles. The Balaban J connectivity index is 1.91. The number of nitrogens with one attached hydrogen (secondary N) is 1. The van der Waals surface area contributed by atoms with Crippen molar-refractivity contribution in [1.82, 2.24) is 5.32 Å². The van der Waals surface area contributed by atoms with Crippen LogP contribution in [0.25, 0.3) is 10.1 Å². The van der Waals surface area contributed by atoms with Gasteiger partial charge in [0, 0.05) is 10.7 Å². The molecule has 0 aliphatic carbocycles. The molecule has 2 aromatic rings. The topological polar surface area (TPSA) is 55.4 Å². The van der Waals surface area contributed by atoms with Gasteiger partial charge in [-0.2, -0.15) is 0 Å². The third-order valence-electron chi connectivity index (χ3n) is 3.35. The van der Waals surface area contributed by atoms with Crippen LogP contribution < -0.4 is 5.32 Å². The first kappa shape index (κ1) is 15.5. The summed E-state index contributed by atoms with van der Waals surface area (Å²) >= 11 is 1.37. The molecule has 112 valence electrons. The molecule has 1 aromatic carbocycles. The van der Waals surface area contributed by atoms with Crippen molar-refractivity contribution in [2.75, 3.05) is 6.61 Å².